The highest BCUT2D eigenvalue weighted by Gasteiger charge is 2.19. The zero-order chi connectivity index (χ0) is 10.6. The molecule has 0 spiro atoms. The van der Waals surface area contributed by atoms with Crippen molar-refractivity contribution in [2.75, 3.05) is 39.3 Å². The Hall–Kier alpha value is -0.160. The van der Waals surface area contributed by atoms with Crippen molar-refractivity contribution >= 4 is 0 Å². The minimum absolute atomic E-state index is 0.135. The van der Waals surface area contributed by atoms with Crippen LogP contribution in [0.1, 0.15) is 13.8 Å². The molecule has 1 heterocycles. The van der Waals surface area contributed by atoms with Crippen LogP contribution in [0.2, 0.25) is 0 Å². The first kappa shape index (κ1) is 11.9. The van der Waals surface area contributed by atoms with Crippen LogP contribution < -0.4 is 0 Å². The first-order chi connectivity index (χ1) is 6.63. The molecule has 14 heavy (non-hydrogen) atoms. The molecule has 0 aliphatic carbocycles. The highest BCUT2D eigenvalue weighted by atomic mass is 16.3. The molecule has 1 unspecified atom stereocenters. The van der Waals surface area contributed by atoms with Gasteiger partial charge in [-0.05, 0) is 13.8 Å². The molecular weight excluding hydrogens is 180 g/mol. The van der Waals surface area contributed by atoms with E-state index in [0.29, 0.717) is 12.6 Å². The molecule has 0 radical (unpaired) electrons. The monoisotopic (exact) mass is 202 g/mol. The number of rotatable bonds is 4. The predicted molar refractivity (Wildman–Crippen MR) is 56.2 cm³/mol. The van der Waals surface area contributed by atoms with Crippen molar-refractivity contribution < 1.29 is 10.2 Å². The lowest BCUT2D eigenvalue weighted by molar-refractivity contribution is 0.0342. The van der Waals surface area contributed by atoms with Crippen molar-refractivity contribution in [3.63, 3.8) is 0 Å². The molecule has 1 aliphatic rings. The highest BCUT2D eigenvalue weighted by Crippen LogP contribution is 2.05. The summed E-state index contributed by atoms with van der Waals surface area (Å²) in [6.07, 6.45) is -0.583. The van der Waals surface area contributed by atoms with Gasteiger partial charge in [0.1, 0.15) is 0 Å². The number of β-amino-alcohol motifs (C(OH)–C–C–N with tert-alkyl or cyclic N) is 1. The Labute approximate surface area is 86.1 Å². The summed E-state index contributed by atoms with van der Waals surface area (Å²) in [4.78, 5) is 4.64. The standard InChI is InChI=1S/C10H22N2O2/c1-9(2)12-5-3-11(4-6-12)7-10(14)8-13/h9-10,13-14H,3-8H2,1-2H3. The SMILES string of the molecule is CC(C)N1CCN(CC(O)CO)CC1. The first-order valence-corrected chi connectivity index (χ1v) is 5.38. The van der Waals surface area contributed by atoms with E-state index < -0.39 is 6.10 Å². The fraction of sp³-hybridized carbons (Fsp3) is 1.00. The molecule has 0 aromatic rings. The number of aliphatic hydroxyl groups is 2. The van der Waals surface area contributed by atoms with Crippen LogP contribution in [0.3, 0.4) is 0 Å². The highest BCUT2D eigenvalue weighted by molar-refractivity contribution is 4.75. The maximum atomic E-state index is 9.28. The number of hydrogen-bond donors (Lipinski definition) is 2. The quantitative estimate of drug-likeness (QED) is 0.637. The maximum Gasteiger partial charge on any atom is 0.0897 e. The van der Waals surface area contributed by atoms with Gasteiger partial charge in [-0.25, -0.2) is 0 Å². The van der Waals surface area contributed by atoms with Crippen molar-refractivity contribution in [3.05, 3.63) is 0 Å². The number of piperazine rings is 1. The number of nitrogens with zero attached hydrogens (tertiary/aromatic N) is 2. The number of aliphatic hydroxyl groups excluding tert-OH is 2. The van der Waals surface area contributed by atoms with E-state index in [9.17, 15) is 5.11 Å². The molecule has 0 bridgehead atoms. The van der Waals surface area contributed by atoms with Gasteiger partial charge in [0.25, 0.3) is 0 Å². The molecule has 4 nitrogen and oxygen atoms in total. The van der Waals surface area contributed by atoms with E-state index in [-0.39, 0.29) is 6.61 Å². The fourth-order valence-electron chi connectivity index (χ4n) is 1.82. The Morgan fingerprint density at radius 3 is 2.14 bits per heavy atom. The average molecular weight is 202 g/mol. The average Bonchev–Trinajstić information content (AvgIpc) is 2.18. The molecule has 1 atom stereocenters. The molecule has 1 rings (SSSR count). The van der Waals surface area contributed by atoms with E-state index in [1.165, 1.54) is 0 Å². The molecule has 1 saturated heterocycles. The molecule has 0 aromatic carbocycles. The zero-order valence-corrected chi connectivity index (χ0v) is 9.19. The largest absolute Gasteiger partial charge is 0.394 e. The van der Waals surface area contributed by atoms with Crippen LogP contribution in [0.25, 0.3) is 0 Å². The van der Waals surface area contributed by atoms with Crippen molar-refractivity contribution in [2.24, 2.45) is 0 Å². The van der Waals surface area contributed by atoms with E-state index >= 15 is 0 Å². The smallest absolute Gasteiger partial charge is 0.0897 e. The third kappa shape index (κ3) is 3.53. The lowest BCUT2D eigenvalue weighted by Gasteiger charge is -2.37. The summed E-state index contributed by atoms with van der Waals surface area (Å²) in [6.45, 7) is 9.00. The van der Waals surface area contributed by atoms with Crippen LogP contribution in [0.4, 0.5) is 0 Å². The van der Waals surface area contributed by atoms with Gasteiger partial charge in [-0.3, -0.25) is 9.80 Å². The summed E-state index contributed by atoms with van der Waals surface area (Å²) < 4.78 is 0. The summed E-state index contributed by atoms with van der Waals surface area (Å²) in [7, 11) is 0. The second kappa shape index (κ2) is 5.66. The topological polar surface area (TPSA) is 46.9 Å². The van der Waals surface area contributed by atoms with Gasteiger partial charge in [-0.15, -0.1) is 0 Å². The summed E-state index contributed by atoms with van der Waals surface area (Å²) in [5.41, 5.74) is 0. The van der Waals surface area contributed by atoms with Gasteiger partial charge in [-0.2, -0.15) is 0 Å². The molecular formula is C10H22N2O2. The zero-order valence-electron chi connectivity index (χ0n) is 9.19. The Balaban J connectivity index is 2.22. The lowest BCUT2D eigenvalue weighted by atomic mass is 10.2. The van der Waals surface area contributed by atoms with Gasteiger partial charge in [0, 0.05) is 38.8 Å². The third-order valence-electron chi connectivity index (χ3n) is 2.82. The van der Waals surface area contributed by atoms with Gasteiger partial charge in [0.15, 0.2) is 0 Å². The van der Waals surface area contributed by atoms with E-state index in [2.05, 4.69) is 23.6 Å². The Morgan fingerprint density at radius 2 is 1.71 bits per heavy atom. The van der Waals surface area contributed by atoms with E-state index in [1.807, 2.05) is 0 Å². The molecule has 0 aromatic heterocycles. The molecule has 2 N–H and O–H groups in total. The van der Waals surface area contributed by atoms with Crippen molar-refractivity contribution in [1.29, 1.82) is 0 Å². The van der Waals surface area contributed by atoms with Gasteiger partial charge in [0.2, 0.25) is 0 Å². The molecule has 0 amide bonds. The van der Waals surface area contributed by atoms with Crippen LogP contribution in [0, 0.1) is 0 Å². The van der Waals surface area contributed by atoms with Gasteiger partial charge in [0.05, 0.1) is 12.7 Å². The molecule has 1 aliphatic heterocycles. The second-order valence-corrected chi connectivity index (χ2v) is 4.27. The van der Waals surface area contributed by atoms with Gasteiger partial charge < -0.3 is 10.2 Å². The van der Waals surface area contributed by atoms with Crippen LogP contribution in [-0.2, 0) is 0 Å². The maximum absolute atomic E-state index is 9.28. The van der Waals surface area contributed by atoms with Crippen LogP contribution in [0.5, 0.6) is 0 Å². The molecule has 4 heteroatoms. The van der Waals surface area contributed by atoms with Crippen LogP contribution in [0.15, 0.2) is 0 Å². The van der Waals surface area contributed by atoms with Crippen LogP contribution in [-0.4, -0.2) is 71.5 Å². The minimum Gasteiger partial charge on any atom is -0.394 e. The second-order valence-electron chi connectivity index (χ2n) is 4.27. The Bertz CT molecular complexity index is 156. The van der Waals surface area contributed by atoms with E-state index in [4.69, 9.17) is 5.11 Å². The van der Waals surface area contributed by atoms with Gasteiger partial charge >= 0.3 is 0 Å². The molecule has 0 saturated carbocycles. The summed E-state index contributed by atoms with van der Waals surface area (Å²) in [6, 6.07) is 0.611. The molecule has 84 valence electrons. The number of hydrogen-bond acceptors (Lipinski definition) is 4. The predicted octanol–water partition coefficient (Wildman–Crippen LogP) is -0.634. The Morgan fingerprint density at radius 1 is 1.14 bits per heavy atom. The summed E-state index contributed by atoms with van der Waals surface area (Å²) >= 11 is 0. The van der Waals surface area contributed by atoms with Crippen molar-refractivity contribution in [3.8, 4) is 0 Å². The van der Waals surface area contributed by atoms with Crippen molar-refractivity contribution in [2.45, 2.75) is 26.0 Å². The summed E-state index contributed by atoms with van der Waals surface area (Å²) in [5.74, 6) is 0. The Kier molecular flexibility index (Phi) is 4.81. The fourth-order valence-corrected chi connectivity index (χ4v) is 1.82. The molecule has 1 fully saturated rings. The first-order valence-electron chi connectivity index (χ1n) is 5.38. The van der Waals surface area contributed by atoms with Crippen molar-refractivity contribution in [1.82, 2.24) is 9.80 Å². The minimum atomic E-state index is -0.583. The van der Waals surface area contributed by atoms with Gasteiger partial charge in [-0.1, -0.05) is 0 Å². The lowest BCUT2D eigenvalue weighted by Crippen LogP contribution is -2.50. The summed E-state index contributed by atoms with van der Waals surface area (Å²) in [5, 5.41) is 18.0. The normalized spacial score (nSPS) is 22.9. The van der Waals surface area contributed by atoms with E-state index in [1.54, 1.807) is 0 Å². The van der Waals surface area contributed by atoms with Crippen LogP contribution >= 0.6 is 0 Å². The van der Waals surface area contributed by atoms with E-state index in [0.717, 1.165) is 26.2 Å². The third-order valence-corrected chi connectivity index (χ3v) is 2.82.